The maximum absolute atomic E-state index is 12.7. The van der Waals surface area contributed by atoms with Crippen molar-refractivity contribution in [3.8, 4) is 0 Å². The Balaban J connectivity index is 2.99. The van der Waals surface area contributed by atoms with E-state index in [2.05, 4.69) is 10.6 Å². The van der Waals surface area contributed by atoms with Crippen LogP contribution in [0.5, 0.6) is 0 Å². The molecule has 118 valence electrons. The van der Waals surface area contributed by atoms with E-state index in [0.717, 1.165) is 4.90 Å². The number of carbonyl (C=O) groups excluding carboxylic acids is 1. The van der Waals surface area contributed by atoms with Crippen molar-refractivity contribution in [1.29, 1.82) is 0 Å². The fourth-order valence-electron chi connectivity index (χ4n) is 1.78. The molecule has 0 bridgehead atoms. The summed E-state index contributed by atoms with van der Waals surface area (Å²) in [4.78, 5) is 12.5. The number of hydrogen-bond donors (Lipinski definition) is 2. The van der Waals surface area contributed by atoms with Gasteiger partial charge in [0.2, 0.25) is 5.91 Å². The lowest BCUT2D eigenvalue weighted by Crippen LogP contribution is -2.42. The second-order valence-electron chi connectivity index (χ2n) is 4.34. The van der Waals surface area contributed by atoms with Crippen LogP contribution in [0.1, 0.15) is 6.92 Å². The first-order valence-corrected chi connectivity index (χ1v) is 6.70. The molecular formula is C13H17ClF3N3O. The number of anilines is 2. The van der Waals surface area contributed by atoms with Gasteiger partial charge in [0.05, 0.1) is 17.3 Å². The lowest BCUT2D eigenvalue weighted by molar-refractivity contribution is -0.124. The average molecular weight is 324 g/mol. The number of benzene rings is 1. The highest BCUT2D eigenvalue weighted by molar-refractivity contribution is 6.33. The summed E-state index contributed by atoms with van der Waals surface area (Å²) < 4.78 is 38.0. The van der Waals surface area contributed by atoms with Crippen molar-refractivity contribution < 1.29 is 18.0 Å². The van der Waals surface area contributed by atoms with Gasteiger partial charge in [-0.1, -0.05) is 11.6 Å². The summed E-state index contributed by atoms with van der Waals surface area (Å²) in [5, 5.41) is 5.58. The molecule has 0 radical (unpaired) electrons. The summed E-state index contributed by atoms with van der Waals surface area (Å²) >= 11 is 5.97. The fourth-order valence-corrected chi connectivity index (χ4v) is 2.05. The third kappa shape index (κ3) is 5.71. The lowest BCUT2D eigenvalue weighted by atomic mass is 10.2. The highest BCUT2D eigenvalue weighted by Gasteiger charge is 2.32. The number of nitrogens with one attached hydrogen (secondary N) is 2. The number of carbonyl (C=O) groups is 1. The van der Waals surface area contributed by atoms with Crippen molar-refractivity contribution in [2.75, 3.05) is 36.9 Å². The van der Waals surface area contributed by atoms with Crippen molar-refractivity contribution in [3.63, 3.8) is 0 Å². The first-order valence-electron chi connectivity index (χ1n) is 6.32. The first kappa shape index (κ1) is 17.4. The zero-order chi connectivity index (χ0) is 16.0. The second-order valence-corrected chi connectivity index (χ2v) is 4.75. The minimum Gasteiger partial charge on any atom is -0.387 e. The summed E-state index contributed by atoms with van der Waals surface area (Å²) in [5.41, 5.74) is 0.841. The highest BCUT2D eigenvalue weighted by Crippen LogP contribution is 2.29. The molecule has 8 heteroatoms. The van der Waals surface area contributed by atoms with E-state index in [1.165, 1.54) is 12.1 Å². The monoisotopic (exact) mass is 323 g/mol. The quantitative estimate of drug-likeness (QED) is 0.846. The minimum absolute atomic E-state index is 0.238. The third-order valence-electron chi connectivity index (χ3n) is 2.67. The predicted molar refractivity (Wildman–Crippen MR) is 78.0 cm³/mol. The van der Waals surface area contributed by atoms with Gasteiger partial charge in [-0.2, -0.15) is 13.2 Å². The molecule has 0 aromatic heterocycles. The predicted octanol–water partition coefficient (Wildman–Crippen LogP) is 2.89. The van der Waals surface area contributed by atoms with Crippen LogP contribution in [0, 0.1) is 0 Å². The van der Waals surface area contributed by atoms with E-state index in [1.54, 1.807) is 20.0 Å². The molecule has 0 fully saturated rings. The van der Waals surface area contributed by atoms with Crippen molar-refractivity contribution in [3.05, 3.63) is 23.2 Å². The maximum Gasteiger partial charge on any atom is 0.405 e. The van der Waals surface area contributed by atoms with E-state index in [0.29, 0.717) is 12.2 Å². The zero-order valence-electron chi connectivity index (χ0n) is 11.7. The Morgan fingerprint density at radius 2 is 2.05 bits per heavy atom. The van der Waals surface area contributed by atoms with Gasteiger partial charge in [0.15, 0.2) is 0 Å². The van der Waals surface area contributed by atoms with Gasteiger partial charge in [0, 0.05) is 19.3 Å². The molecule has 0 atom stereocenters. The van der Waals surface area contributed by atoms with Gasteiger partial charge in [-0.15, -0.1) is 0 Å². The van der Waals surface area contributed by atoms with E-state index < -0.39 is 18.6 Å². The number of likely N-dealkylation sites (N-methyl/N-ethyl adjacent to an activating group) is 1. The van der Waals surface area contributed by atoms with Crippen LogP contribution in [0.2, 0.25) is 5.02 Å². The molecule has 0 aliphatic heterocycles. The molecule has 1 amide bonds. The van der Waals surface area contributed by atoms with Crippen LogP contribution >= 0.6 is 11.6 Å². The van der Waals surface area contributed by atoms with E-state index in [4.69, 9.17) is 11.6 Å². The maximum atomic E-state index is 12.7. The van der Waals surface area contributed by atoms with E-state index in [1.807, 2.05) is 0 Å². The number of rotatable bonds is 6. The Labute approximate surface area is 126 Å². The molecule has 0 saturated heterocycles. The number of hydrogen-bond acceptors (Lipinski definition) is 3. The van der Waals surface area contributed by atoms with Crippen molar-refractivity contribution in [2.24, 2.45) is 0 Å². The average Bonchev–Trinajstić information content (AvgIpc) is 2.36. The molecule has 1 aromatic carbocycles. The molecule has 21 heavy (non-hydrogen) atoms. The summed E-state index contributed by atoms with van der Waals surface area (Å²) in [6, 6.07) is 4.46. The van der Waals surface area contributed by atoms with Gasteiger partial charge < -0.3 is 15.5 Å². The van der Waals surface area contributed by atoms with Crippen molar-refractivity contribution in [2.45, 2.75) is 13.1 Å². The van der Waals surface area contributed by atoms with Crippen LogP contribution in [0.3, 0.4) is 0 Å². The summed E-state index contributed by atoms with van der Waals surface area (Å²) in [7, 11) is 1.66. The van der Waals surface area contributed by atoms with Crippen molar-refractivity contribution in [1.82, 2.24) is 5.32 Å². The summed E-state index contributed by atoms with van der Waals surface area (Å²) in [5.74, 6) is -0.476. The van der Waals surface area contributed by atoms with Gasteiger partial charge in [-0.3, -0.25) is 4.79 Å². The highest BCUT2D eigenvalue weighted by atomic mass is 35.5. The normalized spacial score (nSPS) is 11.1. The molecule has 0 unspecified atom stereocenters. The molecule has 0 aliphatic carbocycles. The molecule has 1 rings (SSSR count). The van der Waals surface area contributed by atoms with E-state index in [9.17, 15) is 18.0 Å². The molecule has 0 saturated carbocycles. The Kier molecular flexibility index (Phi) is 6.14. The molecule has 4 nitrogen and oxygen atoms in total. The largest absolute Gasteiger partial charge is 0.405 e. The first-order chi connectivity index (χ1) is 9.76. The number of alkyl halides is 3. The van der Waals surface area contributed by atoms with Gasteiger partial charge in [0.25, 0.3) is 0 Å². The molecule has 2 N–H and O–H groups in total. The molecular weight excluding hydrogens is 307 g/mol. The third-order valence-corrected chi connectivity index (χ3v) is 2.98. The Morgan fingerprint density at radius 1 is 1.38 bits per heavy atom. The van der Waals surface area contributed by atoms with Gasteiger partial charge in [-0.25, -0.2) is 0 Å². The van der Waals surface area contributed by atoms with Gasteiger partial charge in [0.1, 0.15) is 6.54 Å². The van der Waals surface area contributed by atoms with Crippen LogP contribution in [0.25, 0.3) is 0 Å². The SMILES string of the molecule is CCNC(=O)CN(CC(F)(F)F)c1ccc(NC)c(Cl)c1. The summed E-state index contributed by atoms with van der Waals surface area (Å²) in [6.07, 6.45) is -4.42. The number of amides is 1. The fraction of sp³-hybridized carbons (Fsp3) is 0.462. The van der Waals surface area contributed by atoms with Gasteiger partial charge >= 0.3 is 6.18 Å². The standard InChI is InChI=1S/C13H17ClF3N3O/c1-3-19-12(21)7-20(8-13(15,16)17)9-4-5-11(18-2)10(14)6-9/h4-6,18H,3,7-8H2,1-2H3,(H,19,21). The number of nitrogens with zero attached hydrogens (tertiary/aromatic N) is 1. The molecule has 0 heterocycles. The van der Waals surface area contributed by atoms with Gasteiger partial charge in [-0.05, 0) is 25.1 Å². The Hall–Kier alpha value is -1.63. The van der Waals surface area contributed by atoms with E-state index in [-0.39, 0.29) is 17.3 Å². The zero-order valence-corrected chi connectivity index (χ0v) is 12.5. The molecule has 1 aromatic rings. The van der Waals surface area contributed by atoms with E-state index >= 15 is 0 Å². The minimum atomic E-state index is -4.42. The van der Waals surface area contributed by atoms with Crippen LogP contribution in [0.15, 0.2) is 18.2 Å². The Bertz CT molecular complexity index is 494. The van der Waals surface area contributed by atoms with Crippen LogP contribution in [-0.2, 0) is 4.79 Å². The smallest absolute Gasteiger partial charge is 0.387 e. The molecule has 0 spiro atoms. The lowest BCUT2D eigenvalue weighted by Gasteiger charge is -2.26. The summed E-state index contributed by atoms with van der Waals surface area (Å²) in [6.45, 7) is 0.449. The van der Waals surface area contributed by atoms with Crippen LogP contribution in [0.4, 0.5) is 24.5 Å². The van der Waals surface area contributed by atoms with Crippen molar-refractivity contribution >= 4 is 28.9 Å². The number of halogens is 4. The van der Waals surface area contributed by atoms with Crippen LogP contribution in [-0.4, -0.2) is 38.8 Å². The second kappa shape index (κ2) is 7.40. The topological polar surface area (TPSA) is 44.4 Å². The van der Waals surface area contributed by atoms with Crippen LogP contribution < -0.4 is 15.5 Å². The Morgan fingerprint density at radius 3 is 2.52 bits per heavy atom. The molecule has 0 aliphatic rings.